The minimum absolute atomic E-state index is 0.183. The minimum Gasteiger partial charge on any atom is -0.507 e. The fraction of sp³-hybridized carbons (Fsp3) is 0.238. The van der Waals surface area contributed by atoms with Crippen LogP contribution < -0.4 is 0 Å². The zero-order valence-corrected chi connectivity index (χ0v) is 15.5. The third-order valence-electron chi connectivity index (χ3n) is 4.45. The van der Waals surface area contributed by atoms with Gasteiger partial charge in [0.2, 0.25) is 0 Å². The summed E-state index contributed by atoms with van der Waals surface area (Å²) in [4.78, 5) is 0.748. The van der Waals surface area contributed by atoms with Crippen LogP contribution in [0.5, 0.6) is 11.5 Å². The van der Waals surface area contributed by atoms with E-state index in [1.807, 2.05) is 52.0 Å². The molecule has 1 aromatic heterocycles. The van der Waals surface area contributed by atoms with Gasteiger partial charge in [0.1, 0.15) is 11.5 Å². The Balaban J connectivity index is 2.33. The van der Waals surface area contributed by atoms with Gasteiger partial charge in [0.25, 0.3) is 0 Å². The normalized spacial score (nSPS) is 11.3. The van der Waals surface area contributed by atoms with E-state index in [2.05, 4.69) is 0 Å². The van der Waals surface area contributed by atoms with Crippen LogP contribution in [0, 0.1) is 32.8 Å². The molecular weight excluding hydrogens is 335 g/mol. The predicted molar refractivity (Wildman–Crippen MR) is 100 cm³/mol. The molecule has 0 spiro atoms. The maximum atomic E-state index is 13.7. The first-order valence-corrected chi connectivity index (χ1v) is 8.95. The van der Waals surface area contributed by atoms with Gasteiger partial charge in [-0.2, -0.15) is 4.39 Å². The molecule has 0 aliphatic carbocycles. The van der Waals surface area contributed by atoms with E-state index in [1.165, 1.54) is 6.07 Å². The number of benzene rings is 2. The Bertz CT molecular complexity index is 886. The lowest BCUT2D eigenvalue weighted by atomic mass is 9.85. The second-order valence-electron chi connectivity index (χ2n) is 6.61. The van der Waals surface area contributed by atoms with E-state index in [0.717, 1.165) is 38.5 Å². The number of aromatic hydroxyl groups is 2. The van der Waals surface area contributed by atoms with E-state index in [4.69, 9.17) is 0 Å². The van der Waals surface area contributed by atoms with Gasteiger partial charge < -0.3 is 10.2 Å². The lowest BCUT2D eigenvalue weighted by Crippen LogP contribution is -2.05. The molecule has 0 amide bonds. The van der Waals surface area contributed by atoms with Crippen molar-refractivity contribution >= 4 is 11.3 Å². The third kappa shape index (κ3) is 3.27. The number of halogens is 1. The highest BCUT2D eigenvalue weighted by Crippen LogP contribution is 2.45. The first kappa shape index (κ1) is 17.5. The smallest absolute Gasteiger partial charge is 0.176 e. The van der Waals surface area contributed by atoms with E-state index in [0.29, 0.717) is 11.1 Å². The molecule has 0 saturated heterocycles. The molecule has 3 aromatic rings. The lowest BCUT2D eigenvalue weighted by molar-refractivity contribution is 0.454. The highest BCUT2D eigenvalue weighted by atomic mass is 32.1. The summed E-state index contributed by atoms with van der Waals surface area (Å²) in [7, 11) is 0. The monoisotopic (exact) mass is 356 g/mol. The Morgan fingerprint density at radius 2 is 1.28 bits per heavy atom. The Kier molecular flexibility index (Phi) is 4.56. The molecule has 0 aliphatic rings. The van der Waals surface area contributed by atoms with Crippen molar-refractivity contribution in [3.63, 3.8) is 0 Å². The van der Waals surface area contributed by atoms with Gasteiger partial charge in [-0.15, -0.1) is 11.3 Å². The summed E-state index contributed by atoms with van der Waals surface area (Å²) in [6.45, 7) is 7.62. The van der Waals surface area contributed by atoms with Crippen LogP contribution in [0.3, 0.4) is 0 Å². The van der Waals surface area contributed by atoms with Crippen LogP contribution >= 0.6 is 11.3 Å². The number of phenols is 2. The van der Waals surface area contributed by atoms with E-state index in [1.54, 1.807) is 6.07 Å². The average molecular weight is 356 g/mol. The summed E-state index contributed by atoms with van der Waals surface area (Å²) >= 11 is 1.04. The number of hydrogen-bond donors (Lipinski definition) is 2. The minimum atomic E-state index is -0.424. The summed E-state index contributed by atoms with van der Waals surface area (Å²) in [6, 6.07) is 10.8. The molecule has 0 radical (unpaired) electrons. The highest BCUT2D eigenvalue weighted by molar-refractivity contribution is 7.10. The highest BCUT2D eigenvalue weighted by Gasteiger charge is 2.26. The van der Waals surface area contributed by atoms with Gasteiger partial charge in [0.15, 0.2) is 5.13 Å². The molecule has 3 rings (SSSR count). The van der Waals surface area contributed by atoms with Crippen molar-refractivity contribution in [2.45, 2.75) is 33.6 Å². The zero-order chi connectivity index (χ0) is 18.3. The summed E-state index contributed by atoms with van der Waals surface area (Å²) in [5, 5.41) is 21.1. The van der Waals surface area contributed by atoms with E-state index in [-0.39, 0.29) is 16.6 Å². The van der Waals surface area contributed by atoms with Gasteiger partial charge in [-0.3, -0.25) is 0 Å². The first-order valence-electron chi connectivity index (χ1n) is 8.13. The Morgan fingerprint density at radius 1 is 0.800 bits per heavy atom. The number of phenolic OH excluding ortho intramolecular Hbond substituents is 2. The second-order valence-corrected chi connectivity index (χ2v) is 7.68. The van der Waals surface area contributed by atoms with Crippen LogP contribution in [0.4, 0.5) is 4.39 Å². The molecule has 0 aliphatic heterocycles. The molecule has 0 bridgehead atoms. The standard InChI is InChI=1S/C21H21FO2S/c1-11-7-13(3)20(23)15(9-11)19(17-5-6-18(22)25-17)16-10-12(2)8-14(4)21(16)24/h5-10,19,23-24H,1-4H3. The summed E-state index contributed by atoms with van der Waals surface area (Å²) in [5.74, 6) is -0.0577. The van der Waals surface area contributed by atoms with Crippen molar-refractivity contribution < 1.29 is 14.6 Å². The summed E-state index contributed by atoms with van der Waals surface area (Å²) in [6.07, 6.45) is 0. The van der Waals surface area contributed by atoms with Crippen molar-refractivity contribution in [1.29, 1.82) is 0 Å². The van der Waals surface area contributed by atoms with Crippen molar-refractivity contribution in [2.75, 3.05) is 0 Å². The van der Waals surface area contributed by atoms with E-state index in [9.17, 15) is 14.6 Å². The van der Waals surface area contributed by atoms with Gasteiger partial charge in [0, 0.05) is 16.0 Å². The van der Waals surface area contributed by atoms with Gasteiger partial charge in [0.05, 0.1) is 5.92 Å². The second kappa shape index (κ2) is 6.52. The topological polar surface area (TPSA) is 40.5 Å². The van der Waals surface area contributed by atoms with Crippen LogP contribution in [0.25, 0.3) is 0 Å². The van der Waals surface area contributed by atoms with Gasteiger partial charge in [-0.05, 0) is 51.0 Å². The Morgan fingerprint density at radius 3 is 1.68 bits per heavy atom. The first-order chi connectivity index (χ1) is 11.8. The molecule has 2 aromatic carbocycles. The van der Waals surface area contributed by atoms with Gasteiger partial charge >= 0.3 is 0 Å². The lowest BCUT2D eigenvalue weighted by Gasteiger charge is -2.22. The van der Waals surface area contributed by atoms with Crippen molar-refractivity contribution in [1.82, 2.24) is 0 Å². The summed E-state index contributed by atoms with van der Waals surface area (Å²) in [5.41, 5.74) is 4.91. The fourth-order valence-corrected chi connectivity index (χ4v) is 4.25. The Labute approximate surface area is 151 Å². The average Bonchev–Trinajstić information content (AvgIpc) is 2.95. The van der Waals surface area contributed by atoms with E-state index >= 15 is 0 Å². The van der Waals surface area contributed by atoms with Crippen LogP contribution in [0.2, 0.25) is 0 Å². The van der Waals surface area contributed by atoms with E-state index < -0.39 is 5.92 Å². The SMILES string of the molecule is Cc1cc(C)c(O)c(C(c2ccc(F)s2)c2cc(C)cc(C)c2O)c1. The molecule has 0 saturated carbocycles. The van der Waals surface area contributed by atoms with Gasteiger partial charge in [-0.1, -0.05) is 35.4 Å². The summed E-state index contributed by atoms with van der Waals surface area (Å²) < 4.78 is 13.7. The molecule has 2 nitrogen and oxygen atoms in total. The molecule has 1 heterocycles. The molecule has 4 heteroatoms. The number of aryl methyl sites for hydroxylation is 4. The molecule has 0 fully saturated rings. The molecule has 2 N–H and O–H groups in total. The van der Waals surface area contributed by atoms with Crippen molar-refractivity contribution in [3.05, 3.63) is 79.8 Å². The van der Waals surface area contributed by atoms with Crippen LogP contribution in [-0.2, 0) is 0 Å². The van der Waals surface area contributed by atoms with Crippen LogP contribution in [0.1, 0.15) is 44.2 Å². The molecule has 0 atom stereocenters. The maximum Gasteiger partial charge on any atom is 0.176 e. The zero-order valence-electron chi connectivity index (χ0n) is 14.7. The van der Waals surface area contributed by atoms with Gasteiger partial charge in [-0.25, -0.2) is 0 Å². The largest absolute Gasteiger partial charge is 0.507 e. The van der Waals surface area contributed by atoms with Crippen LogP contribution in [0.15, 0.2) is 36.4 Å². The third-order valence-corrected chi connectivity index (χ3v) is 5.39. The molecular formula is C21H21FO2S. The molecule has 130 valence electrons. The predicted octanol–water partition coefficient (Wildman–Crippen LogP) is 5.71. The molecule has 0 unspecified atom stereocenters. The number of hydrogen-bond acceptors (Lipinski definition) is 3. The number of thiophene rings is 1. The Hall–Kier alpha value is -2.33. The molecule has 25 heavy (non-hydrogen) atoms. The van der Waals surface area contributed by atoms with Crippen molar-refractivity contribution in [2.24, 2.45) is 0 Å². The fourth-order valence-electron chi connectivity index (χ4n) is 3.38. The van der Waals surface area contributed by atoms with Crippen LogP contribution in [-0.4, -0.2) is 10.2 Å². The maximum absolute atomic E-state index is 13.7. The quantitative estimate of drug-likeness (QED) is 0.631. The number of rotatable bonds is 3. The van der Waals surface area contributed by atoms with Crippen molar-refractivity contribution in [3.8, 4) is 11.5 Å².